The largest absolute Gasteiger partial charge is 0.335 e. The lowest BCUT2D eigenvalue weighted by Crippen LogP contribution is -2.50. The lowest BCUT2D eigenvalue weighted by molar-refractivity contribution is 0.0535. The number of carbonyl (C=O) groups is 2. The zero-order chi connectivity index (χ0) is 20.2. The van der Waals surface area contributed by atoms with Crippen LogP contribution in [0.5, 0.6) is 0 Å². The summed E-state index contributed by atoms with van der Waals surface area (Å²) in [6.07, 6.45) is 4.04. The van der Waals surface area contributed by atoms with E-state index in [0.717, 1.165) is 12.1 Å². The van der Waals surface area contributed by atoms with Gasteiger partial charge in [0.2, 0.25) is 0 Å². The van der Waals surface area contributed by atoms with E-state index in [1.54, 1.807) is 28.0 Å². The van der Waals surface area contributed by atoms with E-state index in [2.05, 4.69) is 17.0 Å². The molecule has 0 unspecified atom stereocenters. The number of hydrogen-bond donors (Lipinski definition) is 0. The molecule has 148 valence electrons. The van der Waals surface area contributed by atoms with Gasteiger partial charge in [-0.05, 0) is 48.4 Å². The molecule has 0 atom stereocenters. The monoisotopic (exact) mass is 389 g/mol. The van der Waals surface area contributed by atoms with Crippen LogP contribution in [0.25, 0.3) is 5.69 Å². The zero-order valence-corrected chi connectivity index (χ0v) is 16.4. The lowest BCUT2D eigenvalue weighted by atomic mass is 10.1. The maximum absolute atomic E-state index is 12.8. The van der Waals surface area contributed by atoms with Crippen molar-refractivity contribution in [2.45, 2.75) is 13.3 Å². The van der Waals surface area contributed by atoms with Crippen molar-refractivity contribution in [3.05, 3.63) is 77.9 Å². The van der Waals surface area contributed by atoms with Gasteiger partial charge in [-0.3, -0.25) is 9.59 Å². The van der Waals surface area contributed by atoms with E-state index in [4.69, 9.17) is 0 Å². The van der Waals surface area contributed by atoms with E-state index in [9.17, 15) is 9.59 Å². The number of piperazine rings is 1. The summed E-state index contributed by atoms with van der Waals surface area (Å²) < 4.78 is 1.64. The van der Waals surface area contributed by atoms with Crippen molar-refractivity contribution in [1.29, 1.82) is 0 Å². The van der Waals surface area contributed by atoms with Crippen LogP contribution in [-0.2, 0) is 6.42 Å². The molecule has 0 N–H and O–H groups in total. The second kappa shape index (κ2) is 8.26. The first-order valence-corrected chi connectivity index (χ1v) is 9.78. The summed E-state index contributed by atoms with van der Waals surface area (Å²) in [4.78, 5) is 33.1. The Morgan fingerprint density at radius 3 is 1.79 bits per heavy atom. The van der Waals surface area contributed by atoms with Crippen molar-refractivity contribution < 1.29 is 9.59 Å². The highest BCUT2D eigenvalue weighted by atomic mass is 16.2. The zero-order valence-electron chi connectivity index (χ0n) is 16.4. The molecular formula is C22H23N5O2. The van der Waals surface area contributed by atoms with Gasteiger partial charge < -0.3 is 9.80 Å². The summed E-state index contributed by atoms with van der Waals surface area (Å²) >= 11 is 0. The van der Waals surface area contributed by atoms with E-state index in [0.29, 0.717) is 37.3 Å². The maximum Gasteiger partial charge on any atom is 0.253 e. The van der Waals surface area contributed by atoms with Crippen LogP contribution in [0.3, 0.4) is 0 Å². The molecule has 2 heterocycles. The molecule has 7 heteroatoms. The van der Waals surface area contributed by atoms with E-state index in [1.807, 2.05) is 41.3 Å². The second-order valence-electron chi connectivity index (χ2n) is 7.02. The summed E-state index contributed by atoms with van der Waals surface area (Å²) in [7, 11) is 0. The Labute approximate surface area is 169 Å². The molecule has 1 saturated heterocycles. The third-order valence-corrected chi connectivity index (χ3v) is 5.26. The Morgan fingerprint density at radius 1 is 0.828 bits per heavy atom. The van der Waals surface area contributed by atoms with Crippen molar-refractivity contribution in [2.75, 3.05) is 26.2 Å². The first kappa shape index (κ1) is 18.9. The quantitative estimate of drug-likeness (QED) is 0.687. The highest BCUT2D eigenvalue weighted by Crippen LogP contribution is 2.14. The van der Waals surface area contributed by atoms with E-state index in [1.165, 1.54) is 11.9 Å². The van der Waals surface area contributed by atoms with Gasteiger partial charge in [0.15, 0.2) is 0 Å². The summed E-state index contributed by atoms with van der Waals surface area (Å²) in [6, 6.07) is 15.1. The van der Waals surface area contributed by atoms with E-state index >= 15 is 0 Å². The van der Waals surface area contributed by atoms with Crippen LogP contribution >= 0.6 is 0 Å². The van der Waals surface area contributed by atoms with Crippen LogP contribution < -0.4 is 0 Å². The van der Waals surface area contributed by atoms with Crippen LogP contribution in [-0.4, -0.2) is 62.6 Å². The molecule has 3 aromatic rings. The number of aromatic nitrogens is 3. The van der Waals surface area contributed by atoms with Crippen molar-refractivity contribution in [3.8, 4) is 5.69 Å². The predicted octanol–water partition coefficient (Wildman–Crippen LogP) is 2.43. The summed E-state index contributed by atoms with van der Waals surface area (Å²) in [5.74, 6) is 0.00600. The molecule has 0 saturated carbocycles. The standard InChI is InChI=1S/C22H23N5O2/c1-2-17-3-5-18(6-4-17)21(28)25-11-13-26(14-12-25)22(29)19-7-9-20(10-8-19)27-16-23-15-24-27/h3-10,15-16H,2,11-14H2,1H3. The Kier molecular flexibility index (Phi) is 5.37. The van der Waals surface area contributed by atoms with Gasteiger partial charge in [0.1, 0.15) is 12.7 Å². The normalized spacial score (nSPS) is 14.1. The molecule has 0 spiro atoms. The van der Waals surface area contributed by atoms with Crippen molar-refractivity contribution in [2.24, 2.45) is 0 Å². The highest BCUT2D eigenvalue weighted by Gasteiger charge is 2.25. The first-order chi connectivity index (χ1) is 14.2. The molecule has 4 rings (SSSR count). The predicted molar refractivity (Wildman–Crippen MR) is 109 cm³/mol. The number of amides is 2. The number of nitrogens with zero attached hydrogens (tertiary/aromatic N) is 5. The number of rotatable bonds is 4. The van der Waals surface area contributed by atoms with Crippen LogP contribution in [0.15, 0.2) is 61.2 Å². The van der Waals surface area contributed by atoms with Crippen molar-refractivity contribution in [1.82, 2.24) is 24.6 Å². The highest BCUT2D eigenvalue weighted by molar-refractivity contribution is 5.96. The minimum atomic E-state index is -0.0189. The van der Waals surface area contributed by atoms with Crippen molar-refractivity contribution in [3.63, 3.8) is 0 Å². The van der Waals surface area contributed by atoms with Gasteiger partial charge in [0.05, 0.1) is 5.69 Å². The number of aryl methyl sites for hydroxylation is 1. The van der Waals surface area contributed by atoms with Crippen LogP contribution in [0, 0.1) is 0 Å². The second-order valence-corrected chi connectivity index (χ2v) is 7.02. The van der Waals surface area contributed by atoms with Gasteiger partial charge in [0.25, 0.3) is 11.8 Å². The van der Waals surface area contributed by atoms with Gasteiger partial charge in [-0.1, -0.05) is 19.1 Å². The van der Waals surface area contributed by atoms with E-state index < -0.39 is 0 Å². The SMILES string of the molecule is CCc1ccc(C(=O)N2CCN(C(=O)c3ccc(-n4cncn4)cc3)CC2)cc1. The Bertz CT molecular complexity index is 973. The first-order valence-electron chi connectivity index (χ1n) is 9.78. The topological polar surface area (TPSA) is 71.3 Å². The van der Waals surface area contributed by atoms with Gasteiger partial charge in [0, 0.05) is 37.3 Å². The maximum atomic E-state index is 12.8. The Morgan fingerprint density at radius 2 is 1.34 bits per heavy atom. The molecule has 7 nitrogen and oxygen atoms in total. The number of benzene rings is 2. The Hall–Kier alpha value is -3.48. The van der Waals surface area contributed by atoms with Gasteiger partial charge in [-0.2, -0.15) is 5.10 Å². The molecule has 2 amide bonds. The van der Waals surface area contributed by atoms with Gasteiger partial charge in [-0.25, -0.2) is 9.67 Å². The summed E-state index contributed by atoms with van der Waals surface area (Å²) in [5, 5.41) is 4.08. The fourth-order valence-corrected chi connectivity index (χ4v) is 3.46. The third-order valence-electron chi connectivity index (χ3n) is 5.26. The molecule has 29 heavy (non-hydrogen) atoms. The molecule has 0 aliphatic carbocycles. The fourth-order valence-electron chi connectivity index (χ4n) is 3.46. The lowest BCUT2D eigenvalue weighted by Gasteiger charge is -2.35. The summed E-state index contributed by atoms with van der Waals surface area (Å²) in [5.41, 5.74) is 3.39. The smallest absolute Gasteiger partial charge is 0.253 e. The van der Waals surface area contributed by atoms with Crippen LogP contribution in [0.4, 0.5) is 0 Å². The molecule has 0 radical (unpaired) electrons. The molecular weight excluding hydrogens is 366 g/mol. The average Bonchev–Trinajstić information content (AvgIpc) is 3.33. The molecule has 2 aromatic carbocycles. The molecule has 1 aliphatic rings. The third kappa shape index (κ3) is 4.03. The van der Waals surface area contributed by atoms with E-state index in [-0.39, 0.29) is 11.8 Å². The molecule has 1 fully saturated rings. The number of carbonyl (C=O) groups excluding carboxylic acids is 2. The minimum Gasteiger partial charge on any atom is -0.335 e. The molecule has 1 aliphatic heterocycles. The fraction of sp³-hybridized carbons (Fsp3) is 0.273. The average molecular weight is 389 g/mol. The van der Waals surface area contributed by atoms with Crippen LogP contribution in [0.2, 0.25) is 0 Å². The molecule has 1 aromatic heterocycles. The van der Waals surface area contributed by atoms with Crippen LogP contribution in [0.1, 0.15) is 33.2 Å². The Balaban J connectivity index is 1.36. The minimum absolute atomic E-state index is 0.0189. The van der Waals surface area contributed by atoms with Crippen molar-refractivity contribution >= 4 is 11.8 Å². The molecule has 0 bridgehead atoms. The van der Waals surface area contributed by atoms with Gasteiger partial charge in [-0.15, -0.1) is 0 Å². The number of hydrogen-bond acceptors (Lipinski definition) is 4. The summed E-state index contributed by atoms with van der Waals surface area (Å²) in [6.45, 7) is 4.23. The van der Waals surface area contributed by atoms with Gasteiger partial charge >= 0.3 is 0 Å².